The molecule has 3 rings (SSSR count). The SMILES string of the molecule is Cc1nc(-c2ccc(NC(=O)CNCC3CC3)cc2)n[nH]1.Cl. The van der Waals surface area contributed by atoms with Crippen molar-refractivity contribution in [3.8, 4) is 11.4 Å². The summed E-state index contributed by atoms with van der Waals surface area (Å²) in [6.07, 6.45) is 2.58. The monoisotopic (exact) mass is 321 g/mol. The molecular formula is C15H20ClN5O. The lowest BCUT2D eigenvalue weighted by Gasteiger charge is -2.06. The quantitative estimate of drug-likeness (QED) is 0.761. The zero-order valence-corrected chi connectivity index (χ0v) is 13.2. The second kappa shape index (κ2) is 7.38. The number of hydrogen-bond acceptors (Lipinski definition) is 4. The number of amides is 1. The Morgan fingerprint density at radius 1 is 1.32 bits per heavy atom. The molecule has 0 radical (unpaired) electrons. The minimum atomic E-state index is -0.0165. The molecule has 1 aromatic heterocycles. The summed E-state index contributed by atoms with van der Waals surface area (Å²) in [7, 11) is 0. The van der Waals surface area contributed by atoms with Crippen LogP contribution in [0.4, 0.5) is 5.69 Å². The van der Waals surface area contributed by atoms with E-state index >= 15 is 0 Å². The van der Waals surface area contributed by atoms with Crippen LogP contribution in [0, 0.1) is 12.8 Å². The third-order valence-electron chi connectivity index (χ3n) is 3.44. The standard InChI is InChI=1S/C15H19N5O.ClH/c1-10-17-15(20-19-10)12-4-6-13(7-5-12)18-14(21)9-16-8-11-2-3-11;/h4-7,11,16H,2-3,8-9H2,1H3,(H,18,21)(H,17,19,20);1H. The third kappa shape index (κ3) is 4.54. The summed E-state index contributed by atoms with van der Waals surface area (Å²) < 4.78 is 0. The maximum Gasteiger partial charge on any atom is 0.238 e. The average molecular weight is 322 g/mol. The Bertz CT molecular complexity index is 621. The fourth-order valence-corrected chi connectivity index (χ4v) is 2.09. The molecule has 1 amide bonds. The summed E-state index contributed by atoms with van der Waals surface area (Å²) >= 11 is 0. The minimum Gasteiger partial charge on any atom is -0.325 e. The molecule has 2 aromatic rings. The van der Waals surface area contributed by atoms with E-state index in [9.17, 15) is 4.79 Å². The molecule has 1 saturated carbocycles. The van der Waals surface area contributed by atoms with Crippen molar-refractivity contribution in [1.29, 1.82) is 0 Å². The number of aromatic amines is 1. The molecule has 0 saturated heterocycles. The van der Waals surface area contributed by atoms with Crippen LogP contribution < -0.4 is 10.6 Å². The van der Waals surface area contributed by atoms with Gasteiger partial charge in [-0.25, -0.2) is 4.98 Å². The van der Waals surface area contributed by atoms with Gasteiger partial charge < -0.3 is 10.6 Å². The van der Waals surface area contributed by atoms with Crippen LogP contribution in [0.15, 0.2) is 24.3 Å². The highest BCUT2D eigenvalue weighted by Crippen LogP contribution is 2.27. The van der Waals surface area contributed by atoms with Crippen LogP contribution in [0.25, 0.3) is 11.4 Å². The maximum absolute atomic E-state index is 11.8. The van der Waals surface area contributed by atoms with Crippen molar-refractivity contribution in [3.05, 3.63) is 30.1 Å². The number of aryl methyl sites for hydroxylation is 1. The average Bonchev–Trinajstić information content (AvgIpc) is 3.19. The summed E-state index contributed by atoms with van der Waals surface area (Å²) in [4.78, 5) is 16.0. The van der Waals surface area contributed by atoms with Gasteiger partial charge in [-0.15, -0.1) is 12.4 Å². The van der Waals surface area contributed by atoms with E-state index in [0.29, 0.717) is 12.4 Å². The second-order valence-corrected chi connectivity index (χ2v) is 5.44. The zero-order valence-electron chi connectivity index (χ0n) is 12.4. The number of carbonyl (C=O) groups is 1. The summed E-state index contributed by atoms with van der Waals surface area (Å²) in [6.45, 7) is 3.16. The van der Waals surface area contributed by atoms with E-state index in [0.717, 1.165) is 29.5 Å². The van der Waals surface area contributed by atoms with Gasteiger partial charge >= 0.3 is 0 Å². The summed E-state index contributed by atoms with van der Waals surface area (Å²) in [5.41, 5.74) is 1.70. The van der Waals surface area contributed by atoms with Crippen molar-refractivity contribution >= 4 is 24.0 Å². The van der Waals surface area contributed by atoms with Crippen LogP contribution >= 0.6 is 12.4 Å². The first-order valence-electron chi connectivity index (χ1n) is 7.21. The first-order chi connectivity index (χ1) is 10.2. The lowest BCUT2D eigenvalue weighted by atomic mass is 10.2. The first-order valence-corrected chi connectivity index (χ1v) is 7.21. The number of nitrogens with one attached hydrogen (secondary N) is 3. The van der Waals surface area contributed by atoms with Crippen LogP contribution in [0.5, 0.6) is 0 Å². The number of aromatic nitrogens is 3. The summed E-state index contributed by atoms with van der Waals surface area (Å²) in [5.74, 6) is 2.21. The van der Waals surface area contributed by atoms with Crippen LogP contribution in [0.2, 0.25) is 0 Å². The number of benzene rings is 1. The molecule has 1 heterocycles. The lowest BCUT2D eigenvalue weighted by Crippen LogP contribution is -2.29. The van der Waals surface area contributed by atoms with Crippen molar-refractivity contribution < 1.29 is 4.79 Å². The van der Waals surface area contributed by atoms with Gasteiger partial charge in [0.1, 0.15) is 5.82 Å². The molecule has 1 aliphatic carbocycles. The number of carbonyl (C=O) groups excluding carboxylic acids is 1. The molecule has 118 valence electrons. The minimum absolute atomic E-state index is 0. The topological polar surface area (TPSA) is 82.7 Å². The highest BCUT2D eigenvalue weighted by Gasteiger charge is 2.20. The van der Waals surface area contributed by atoms with Gasteiger partial charge in [-0.05, 0) is 56.5 Å². The third-order valence-corrected chi connectivity index (χ3v) is 3.44. The van der Waals surface area contributed by atoms with Gasteiger partial charge in [0, 0.05) is 11.3 Å². The number of nitrogens with zero attached hydrogens (tertiary/aromatic N) is 2. The van der Waals surface area contributed by atoms with Crippen LogP contribution in [0.1, 0.15) is 18.7 Å². The van der Waals surface area contributed by atoms with E-state index in [1.165, 1.54) is 12.8 Å². The highest BCUT2D eigenvalue weighted by atomic mass is 35.5. The molecule has 0 aliphatic heterocycles. The molecule has 0 spiro atoms. The predicted octanol–water partition coefficient (Wildman–Crippen LogP) is 2.14. The molecule has 1 aromatic carbocycles. The highest BCUT2D eigenvalue weighted by molar-refractivity contribution is 5.92. The molecule has 22 heavy (non-hydrogen) atoms. The zero-order chi connectivity index (χ0) is 14.7. The van der Waals surface area contributed by atoms with Crippen LogP contribution in [0.3, 0.4) is 0 Å². The number of H-pyrrole nitrogens is 1. The van der Waals surface area contributed by atoms with E-state index in [-0.39, 0.29) is 18.3 Å². The Morgan fingerprint density at radius 2 is 2.05 bits per heavy atom. The van der Waals surface area contributed by atoms with Gasteiger partial charge in [0.05, 0.1) is 6.54 Å². The van der Waals surface area contributed by atoms with E-state index in [1.807, 2.05) is 31.2 Å². The Labute approximate surface area is 135 Å². The Balaban J connectivity index is 0.00000176. The van der Waals surface area contributed by atoms with E-state index in [4.69, 9.17) is 0 Å². The number of rotatable bonds is 6. The van der Waals surface area contributed by atoms with Crippen molar-refractivity contribution in [2.24, 2.45) is 5.92 Å². The number of hydrogen-bond donors (Lipinski definition) is 3. The molecule has 1 fully saturated rings. The molecule has 7 heteroatoms. The van der Waals surface area contributed by atoms with Gasteiger partial charge in [0.2, 0.25) is 5.91 Å². The van der Waals surface area contributed by atoms with Crippen molar-refractivity contribution in [3.63, 3.8) is 0 Å². The van der Waals surface area contributed by atoms with Gasteiger partial charge in [-0.3, -0.25) is 9.89 Å². The molecule has 3 N–H and O–H groups in total. The molecule has 1 aliphatic rings. The number of anilines is 1. The molecule has 0 bridgehead atoms. The predicted molar refractivity (Wildman–Crippen MR) is 88.0 cm³/mol. The smallest absolute Gasteiger partial charge is 0.238 e. The van der Waals surface area contributed by atoms with Gasteiger partial charge in [0.25, 0.3) is 0 Å². The normalized spacial score (nSPS) is 13.5. The molecule has 0 unspecified atom stereocenters. The Morgan fingerprint density at radius 3 is 2.64 bits per heavy atom. The second-order valence-electron chi connectivity index (χ2n) is 5.44. The van der Waals surface area contributed by atoms with Crippen molar-refractivity contribution in [2.75, 3.05) is 18.4 Å². The Hall–Kier alpha value is -1.92. The van der Waals surface area contributed by atoms with Gasteiger partial charge in [-0.2, -0.15) is 5.10 Å². The van der Waals surface area contributed by atoms with E-state index < -0.39 is 0 Å². The van der Waals surface area contributed by atoms with Crippen molar-refractivity contribution in [2.45, 2.75) is 19.8 Å². The van der Waals surface area contributed by atoms with E-state index in [1.54, 1.807) is 0 Å². The van der Waals surface area contributed by atoms with Gasteiger partial charge in [-0.1, -0.05) is 0 Å². The Kier molecular flexibility index (Phi) is 5.51. The fourth-order valence-electron chi connectivity index (χ4n) is 2.09. The number of halogens is 1. The summed E-state index contributed by atoms with van der Waals surface area (Å²) in [5, 5.41) is 13.0. The molecule has 6 nitrogen and oxygen atoms in total. The summed E-state index contributed by atoms with van der Waals surface area (Å²) in [6, 6.07) is 7.52. The van der Waals surface area contributed by atoms with Crippen molar-refractivity contribution in [1.82, 2.24) is 20.5 Å². The lowest BCUT2D eigenvalue weighted by molar-refractivity contribution is -0.115. The van der Waals surface area contributed by atoms with E-state index in [2.05, 4.69) is 25.8 Å². The fraction of sp³-hybridized carbons (Fsp3) is 0.400. The first kappa shape index (κ1) is 16.5. The molecular weight excluding hydrogens is 302 g/mol. The largest absolute Gasteiger partial charge is 0.325 e. The van der Waals surface area contributed by atoms with Gasteiger partial charge in [0.15, 0.2) is 5.82 Å². The van der Waals surface area contributed by atoms with Crippen LogP contribution in [-0.2, 0) is 4.79 Å². The molecule has 0 atom stereocenters. The maximum atomic E-state index is 11.8. The van der Waals surface area contributed by atoms with Crippen LogP contribution in [-0.4, -0.2) is 34.2 Å².